The molecule has 0 bridgehead atoms. The lowest BCUT2D eigenvalue weighted by atomic mass is 9.94. The Morgan fingerprint density at radius 3 is 2.92 bits per heavy atom. The number of carboxylic acids is 1. The maximum absolute atomic E-state index is 10.2. The molecule has 0 aliphatic carbocycles. The lowest BCUT2D eigenvalue weighted by Gasteiger charge is -2.27. The highest BCUT2D eigenvalue weighted by molar-refractivity contribution is 5.66. The number of carboxylic acid groups (broad SMARTS) is 1. The van der Waals surface area contributed by atoms with E-state index in [9.17, 15) is 9.90 Å². The Bertz CT molecular complexity index is 157. The number of carbonyl (C=O) groups is 1. The van der Waals surface area contributed by atoms with Crippen LogP contribution in [0.25, 0.3) is 0 Å². The van der Waals surface area contributed by atoms with Crippen LogP contribution < -0.4 is 0 Å². The van der Waals surface area contributed by atoms with E-state index in [-0.39, 0.29) is 18.4 Å². The summed E-state index contributed by atoms with van der Waals surface area (Å²) in [5.41, 5.74) is 0. The third-order valence-electron chi connectivity index (χ3n) is 2.16. The fourth-order valence-electron chi connectivity index (χ4n) is 1.37. The number of aliphatic carboxylic acids is 1. The first kappa shape index (κ1) is 9.48. The molecule has 0 unspecified atom stereocenters. The normalized spacial score (nSPS) is 30.1. The lowest BCUT2D eigenvalue weighted by molar-refractivity contribution is -0.138. The molecule has 0 amide bonds. The van der Waals surface area contributed by atoms with Crippen LogP contribution in [0.15, 0.2) is 0 Å². The monoisotopic (exact) mass is 174 g/mol. The zero-order valence-electron chi connectivity index (χ0n) is 6.90. The van der Waals surface area contributed by atoms with Crippen LogP contribution in [0.1, 0.15) is 19.3 Å². The molecule has 1 saturated heterocycles. The van der Waals surface area contributed by atoms with Crippen LogP contribution in [-0.2, 0) is 9.53 Å². The summed E-state index contributed by atoms with van der Waals surface area (Å²) in [7, 11) is 0. The predicted molar refractivity (Wildman–Crippen MR) is 41.8 cm³/mol. The molecular formula is C8H14O4. The van der Waals surface area contributed by atoms with Gasteiger partial charge in [0.2, 0.25) is 0 Å². The van der Waals surface area contributed by atoms with E-state index in [0.717, 1.165) is 0 Å². The second-order valence-corrected chi connectivity index (χ2v) is 3.12. The zero-order chi connectivity index (χ0) is 8.97. The molecule has 1 fully saturated rings. The molecule has 0 aromatic carbocycles. The summed E-state index contributed by atoms with van der Waals surface area (Å²) < 4.78 is 5.13. The van der Waals surface area contributed by atoms with Gasteiger partial charge in [-0.1, -0.05) is 0 Å². The van der Waals surface area contributed by atoms with Gasteiger partial charge >= 0.3 is 5.97 Å². The number of hydrogen-bond acceptors (Lipinski definition) is 3. The Kier molecular flexibility index (Phi) is 3.49. The topological polar surface area (TPSA) is 66.8 Å². The number of ether oxygens (including phenoxy) is 1. The molecule has 4 nitrogen and oxygen atoms in total. The fraction of sp³-hybridized carbons (Fsp3) is 0.875. The van der Waals surface area contributed by atoms with Crippen LogP contribution in [0, 0.1) is 5.92 Å². The van der Waals surface area contributed by atoms with E-state index in [4.69, 9.17) is 9.84 Å². The molecule has 0 aromatic rings. The fourth-order valence-corrected chi connectivity index (χ4v) is 1.37. The van der Waals surface area contributed by atoms with Crippen LogP contribution in [0.2, 0.25) is 0 Å². The van der Waals surface area contributed by atoms with Gasteiger partial charge in [0.15, 0.2) is 0 Å². The third-order valence-corrected chi connectivity index (χ3v) is 2.16. The van der Waals surface area contributed by atoms with E-state index >= 15 is 0 Å². The van der Waals surface area contributed by atoms with Crippen LogP contribution in [-0.4, -0.2) is 35.5 Å². The summed E-state index contributed by atoms with van der Waals surface area (Å²) in [5.74, 6) is -0.803. The van der Waals surface area contributed by atoms with Crippen molar-refractivity contribution in [2.45, 2.75) is 25.4 Å². The zero-order valence-corrected chi connectivity index (χ0v) is 6.90. The largest absolute Gasteiger partial charge is 0.481 e. The Hall–Kier alpha value is -0.610. The minimum atomic E-state index is -0.812. The summed E-state index contributed by atoms with van der Waals surface area (Å²) in [5, 5.41) is 17.8. The first-order chi connectivity index (χ1) is 5.70. The van der Waals surface area contributed by atoms with E-state index < -0.39 is 5.97 Å². The van der Waals surface area contributed by atoms with Crippen LogP contribution in [0.3, 0.4) is 0 Å². The first-order valence-corrected chi connectivity index (χ1v) is 4.17. The highest BCUT2D eigenvalue weighted by Gasteiger charge is 2.23. The summed E-state index contributed by atoms with van der Waals surface area (Å²) in [4.78, 5) is 10.2. The quantitative estimate of drug-likeness (QED) is 0.643. The molecule has 12 heavy (non-hydrogen) atoms. The second kappa shape index (κ2) is 4.42. The molecule has 1 aliphatic rings. The van der Waals surface area contributed by atoms with Crippen molar-refractivity contribution in [1.82, 2.24) is 0 Å². The first-order valence-electron chi connectivity index (χ1n) is 4.17. The van der Waals surface area contributed by atoms with Crippen molar-refractivity contribution in [3.8, 4) is 0 Å². The van der Waals surface area contributed by atoms with Crippen molar-refractivity contribution in [2.24, 2.45) is 5.92 Å². The molecular weight excluding hydrogens is 160 g/mol. The Labute approximate surface area is 71.2 Å². The standard InChI is InChI=1S/C8H14O4/c9-7-3-4-12-5-6(7)1-2-8(10)11/h6-7,9H,1-5H2,(H,10,11)/t6-,7+/m0/s1. The third kappa shape index (κ3) is 2.79. The van der Waals surface area contributed by atoms with Crippen LogP contribution in [0.4, 0.5) is 0 Å². The summed E-state index contributed by atoms with van der Waals surface area (Å²) in [6.07, 6.45) is 0.879. The SMILES string of the molecule is O=C(O)CC[C@H]1COCC[C@H]1O. The predicted octanol–water partition coefficient (Wildman–Crippen LogP) is 0.249. The maximum atomic E-state index is 10.2. The van der Waals surface area contributed by atoms with Gasteiger partial charge in [0, 0.05) is 18.9 Å². The van der Waals surface area contributed by atoms with Gasteiger partial charge in [-0.25, -0.2) is 0 Å². The Morgan fingerprint density at radius 1 is 1.58 bits per heavy atom. The highest BCUT2D eigenvalue weighted by Crippen LogP contribution is 2.19. The summed E-state index contributed by atoms with van der Waals surface area (Å²) in [6.45, 7) is 1.08. The molecule has 1 heterocycles. The van der Waals surface area contributed by atoms with Gasteiger partial charge in [0.05, 0.1) is 12.7 Å². The molecule has 0 radical (unpaired) electrons. The van der Waals surface area contributed by atoms with E-state index in [1.807, 2.05) is 0 Å². The minimum Gasteiger partial charge on any atom is -0.481 e. The van der Waals surface area contributed by atoms with E-state index in [1.165, 1.54) is 0 Å². The van der Waals surface area contributed by atoms with Crippen molar-refractivity contribution < 1.29 is 19.7 Å². The Morgan fingerprint density at radius 2 is 2.33 bits per heavy atom. The van der Waals surface area contributed by atoms with Gasteiger partial charge in [-0.05, 0) is 12.8 Å². The molecule has 2 N–H and O–H groups in total. The smallest absolute Gasteiger partial charge is 0.303 e. The average Bonchev–Trinajstić information content (AvgIpc) is 2.03. The van der Waals surface area contributed by atoms with Crippen LogP contribution >= 0.6 is 0 Å². The summed E-state index contributed by atoms with van der Waals surface area (Å²) in [6, 6.07) is 0. The van der Waals surface area contributed by atoms with Crippen LogP contribution in [0.5, 0.6) is 0 Å². The van der Waals surface area contributed by atoms with E-state index in [0.29, 0.717) is 26.1 Å². The molecule has 2 atom stereocenters. The maximum Gasteiger partial charge on any atom is 0.303 e. The van der Waals surface area contributed by atoms with Crippen molar-refractivity contribution >= 4 is 5.97 Å². The second-order valence-electron chi connectivity index (χ2n) is 3.12. The minimum absolute atomic E-state index is 0.00912. The van der Waals surface area contributed by atoms with Crippen molar-refractivity contribution in [3.63, 3.8) is 0 Å². The number of rotatable bonds is 3. The molecule has 0 saturated carbocycles. The lowest BCUT2D eigenvalue weighted by Crippen LogP contribution is -2.32. The van der Waals surface area contributed by atoms with E-state index in [1.54, 1.807) is 0 Å². The molecule has 1 aliphatic heterocycles. The molecule has 0 spiro atoms. The van der Waals surface area contributed by atoms with Gasteiger partial charge in [-0.2, -0.15) is 0 Å². The molecule has 70 valence electrons. The average molecular weight is 174 g/mol. The highest BCUT2D eigenvalue weighted by atomic mass is 16.5. The van der Waals surface area contributed by atoms with Gasteiger partial charge in [0.1, 0.15) is 0 Å². The molecule has 1 rings (SSSR count). The number of aliphatic hydroxyl groups excluding tert-OH is 1. The van der Waals surface area contributed by atoms with Gasteiger partial charge in [-0.3, -0.25) is 4.79 Å². The van der Waals surface area contributed by atoms with Crippen molar-refractivity contribution in [2.75, 3.05) is 13.2 Å². The van der Waals surface area contributed by atoms with Crippen molar-refractivity contribution in [1.29, 1.82) is 0 Å². The Balaban J connectivity index is 2.24. The summed E-state index contributed by atoms with van der Waals surface area (Å²) >= 11 is 0. The molecule has 4 heteroatoms. The van der Waals surface area contributed by atoms with Gasteiger partial charge < -0.3 is 14.9 Å². The van der Waals surface area contributed by atoms with Crippen molar-refractivity contribution in [3.05, 3.63) is 0 Å². The van der Waals surface area contributed by atoms with Gasteiger partial charge in [0.25, 0.3) is 0 Å². The molecule has 0 aromatic heterocycles. The van der Waals surface area contributed by atoms with E-state index in [2.05, 4.69) is 0 Å². The van der Waals surface area contributed by atoms with Gasteiger partial charge in [-0.15, -0.1) is 0 Å². The number of aliphatic hydroxyl groups is 1. The number of hydrogen-bond donors (Lipinski definition) is 2.